The molecule has 0 aliphatic rings. The summed E-state index contributed by atoms with van der Waals surface area (Å²) in [4.78, 5) is 36.1. The van der Waals surface area contributed by atoms with E-state index in [2.05, 4.69) is 15.5 Å². The van der Waals surface area contributed by atoms with Gasteiger partial charge in [0, 0.05) is 11.1 Å². The maximum Gasteiger partial charge on any atom is 0.312 e. The molecule has 7 nitrogen and oxygen atoms in total. The van der Waals surface area contributed by atoms with E-state index in [9.17, 15) is 18.8 Å². The van der Waals surface area contributed by atoms with E-state index in [1.54, 1.807) is 24.3 Å². The van der Waals surface area contributed by atoms with Gasteiger partial charge in [-0.1, -0.05) is 29.8 Å². The first-order valence-electron chi connectivity index (χ1n) is 8.27. The van der Waals surface area contributed by atoms with Crippen LogP contribution < -0.4 is 10.9 Å². The number of benzene rings is 2. The molecule has 2 N–H and O–H groups in total. The first kappa shape index (κ1) is 19.5. The largest absolute Gasteiger partial charge is 0.452 e. The van der Waals surface area contributed by atoms with Crippen LogP contribution in [0.1, 0.15) is 12.6 Å². The number of amides is 1. The molecule has 0 spiro atoms. The number of nitrogens with one attached hydrogen (secondary N) is 2. The fraction of sp³-hybridized carbons (Fsp3) is 0.158. The van der Waals surface area contributed by atoms with Crippen molar-refractivity contribution in [1.29, 1.82) is 0 Å². The first-order chi connectivity index (χ1) is 13.3. The molecule has 0 aliphatic heterocycles. The summed E-state index contributed by atoms with van der Waals surface area (Å²) in [5, 5.41) is 9.50. The Kier molecular flexibility index (Phi) is 5.70. The van der Waals surface area contributed by atoms with Gasteiger partial charge >= 0.3 is 5.97 Å². The molecule has 1 aromatic heterocycles. The van der Waals surface area contributed by atoms with Crippen LogP contribution in [-0.2, 0) is 20.7 Å². The van der Waals surface area contributed by atoms with E-state index >= 15 is 0 Å². The zero-order chi connectivity index (χ0) is 20.3. The molecule has 0 aliphatic carbocycles. The normalized spacial score (nSPS) is 11.8. The summed E-state index contributed by atoms with van der Waals surface area (Å²) in [5.74, 6) is -1.90. The van der Waals surface area contributed by atoms with E-state index in [-0.39, 0.29) is 22.7 Å². The van der Waals surface area contributed by atoms with Gasteiger partial charge in [-0.2, -0.15) is 5.10 Å². The van der Waals surface area contributed by atoms with Crippen molar-refractivity contribution in [2.24, 2.45) is 0 Å². The predicted octanol–water partition coefficient (Wildman–Crippen LogP) is 2.83. The Bertz CT molecular complexity index is 1120. The summed E-state index contributed by atoms with van der Waals surface area (Å²) >= 11 is 5.67. The molecular formula is C19H15ClFN3O4. The third-order valence-corrected chi connectivity index (χ3v) is 4.24. The van der Waals surface area contributed by atoms with Gasteiger partial charge in [0.2, 0.25) is 0 Å². The van der Waals surface area contributed by atoms with Gasteiger partial charge in [-0.15, -0.1) is 0 Å². The smallest absolute Gasteiger partial charge is 0.312 e. The fourth-order valence-corrected chi connectivity index (χ4v) is 2.73. The SMILES string of the molecule is C[C@H](OC(=O)Cc1n[nH]c(=O)c2ccccc12)C(=O)Nc1ccc(F)c(Cl)c1. The summed E-state index contributed by atoms with van der Waals surface area (Å²) in [6, 6.07) is 10.4. The first-order valence-corrected chi connectivity index (χ1v) is 8.64. The van der Waals surface area contributed by atoms with Crippen molar-refractivity contribution < 1.29 is 18.7 Å². The molecule has 9 heteroatoms. The second-order valence-corrected chi connectivity index (χ2v) is 6.38. The van der Waals surface area contributed by atoms with Crippen molar-refractivity contribution in [1.82, 2.24) is 10.2 Å². The highest BCUT2D eigenvalue weighted by Gasteiger charge is 2.20. The highest BCUT2D eigenvalue weighted by atomic mass is 35.5. The van der Waals surface area contributed by atoms with Gasteiger partial charge in [0.15, 0.2) is 6.10 Å². The Labute approximate surface area is 163 Å². The van der Waals surface area contributed by atoms with Gasteiger partial charge in [0.1, 0.15) is 5.82 Å². The summed E-state index contributed by atoms with van der Waals surface area (Å²) in [7, 11) is 0. The number of halogens is 2. The second kappa shape index (κ2) is 8.18. The van der Waals surface area contributed by atoms with Crippen LogP contribution in [-0.4, -0.2) is 28.2 Å². The van der Waals surface area contributed by atoms with Gasteiger partial charge in [-0.05, 0) is 31.2 Å². The number of hydrogen-bond acceptors (Lipinski definition) is 5. The number of fused-ring (bicyclic) bond motifs is 1. The lowest BCUT2D eigenvalue weighted by atomic mass is 10.1. The number of ether oxygens (including phenoxy) is 1. The fourth-order valence-electron chi connectivity index (χ4n) is 2.55. The molecule has 3 rings (SSSR count). The number of H-pyrrole nitrogens is 1. The average molecular weight is 404 g/mol. The van der Waals surface area contributed by atoms with Crippen LogP contribution in [0.5, 0.6) is 0 Å². The third kappa shape index (κ3) is 4.34. The molecule has 3 aromatic rings. The molecule has 0 bridgehead atoms. The predicted molar refractivity (Wildman–Crippen MR) is 102 cm³/mol. The number of rotatable bonds is 5. The van der Waals surface area contributed by atoms with E-state index in [0.29, 0.717) is 16.5 Å². The van der Waals surface area contributed by atoms with Crippen LogP contribution in [0.15, 0.2) is 47.3 Å². The molecule has 1 amide bonds. The number of carbonyl (C=O) groups excluding carboxylic acids is 2. The molecule has 0 unspecified atom stereocenters. The quantitative estimate of drug-likeness (QED) is 0.638. The molecule has 28 heavy (non-hydrogen) atoms. The van der Waals surface area contributed by atoms with E-state index < -0.39 is 23.8 Å². The minimum atomic E-state index is -1.11. The van der Waals surface area contributed by atoms with Crippen molar-refractivity contribution >= 4 is 39.9 Å². The van der Waals surface area contributed by atoms with Gasteiger partial charge in [-0.3, -0.25) is 14.4 Å². The Morgan fingerprint density at radius 1 is 1.25 bits per heavy atom. The molecule has 1 atom stereocenters. The maximum absolute atomic E-state index is 13.2. The number of nitrogens with zero attached hydrogens (tertiary/aromatic N) is 1. The molecule has 0 fully saturated rings. The second-order valence-electron chi connectivity index (χ2n) is 5.97. The average Bonchev–Trinajstić information content (AvgIpc) is 2.67. The van der Waals surface area contributed by atoms with Crippen LogP contribution in [0.25, 0.3) is 10.8 Å². The highest BCUT2D eigenvalue weighted by molar-refractivity contribution is 6.31. The monoisotopic (exact) mass is 403 g/mol. The van der Waals surface area contributed by atoms with E-state index in [1.807, 2.05) is 0 Å². The number of carbonyl (C=O) groups is 2. The number of hydrogen-bond donors (Lipinski definition) is 2. The van der Waals surface area contributed by atoms with Crippen LogP contribution in [0.2, 0.25) is 5.02 Å². The van der Waals surface area contributed by atoms with Gasteiger partial charge in [0.05, 0.1) is 22.5 Å². The van der Waals surface area contributed by atoms with Crippen molar-refractivity contribution in [2.45, 2.75) is 19.4 Å². The van der Waals surface area contributed by atoms with E-state index in [0.717, 1.165) is 6.07 Å². The molecule has 0 radical (unpaired) electrons. The molecule has 0 saturated carbocycles. The third-order valence-electron chi connectivity index (χ3n) is 3.95. The van der Waals surface area contributed by atoms with Gasteiger partial charge in [0.25, 0.3) is 11.5 Å². The topological polar surface area (TPSA) is 101 Å². The summed E-state index contributed by atoms with van der Waals surface area (Å²) in [6.45, 7) is 1.40. The minimum Gasteiger partial charge on any atom is -0.452 e. The molecule has 0 saturated heterocycles. The highest BCUT2D eigenvalue weighted by Crippen LogP contribution is 2.19. The van der Waals surface area contributed by atoms with E-state index in [4.69, 9.17) is 16.3 Å². The standard InChI is InChI=1S/C19H15ClFN3O4/c1-10(18(26)22-11-6-7-15(21)14(20)8-11)28-17(25)9-16-12-4-2-3-5-13(12)19(27)24-23-16/h2-8,10H,9H2,1H3,(H,22,26)(H,24,27)/t10-/m0/s1. The van der Waals surface area contributed by atoms with Crippen LogP contribution in [0, 0.1) is 5.82 Å². The lowest BCUT2D eigenvalue weighted by Crippen LogP contribution is -2.30. The maximum atomic E-state index is 13.2. The van der Waals surface area contributed by atoms with Gasteiger partial charge < -0.3 is 10.1 Å². The van der Waals surface area contributed by atoms with Crippen LogP contribution >= 0.6 is 11.6 Å². The Balaban J connectivity index is 1.66. The zero-order valence-electron chi connectivity index (χ0n) is 14.7. The Hall–Kier alpha value is -3.26. The molecular weight excluding hydrogens is 389 g/mol. The molecule has 2 aromatic carbocycles. The van der Waals surface area contributed by atoms with Crippen LogP contribution in [0.4, 0.5) is 10.1 Å². The molecule has 144 valence electrons. The van der Waals surface area contributed by atoms with Crippen molar-refractivity contribution in [3.05, 3.63) is 69.4 Å². The lowest BCUT2D eigenvalue weighted by Gasteiger charge is -2.14. The number of esters is 1. The summed E-state index contributed by atoms with van der Waals surface area (Å²) in [5.41, 5.74) is 0.240. The number of aromatic amines is 1. The van der Waals surface area contributed by atoms with Crippen molar-refractivity contribution in [2.75, 3.05) is 5.32 Å². The molecule has 1 heterocycles. The Morgan fingerprint density at radius 2 is 1.96 bits per heavy atom. The zero-order valence-corrected chi connectivity index (χ0v) is 15.4. The minimum absolute atomic E-state index is 0.140. The number of aromatic nitrogens is 2. The van der Waals surface area contributed by atoms with E-state index in [1.165, 1.54) is 19.1 Å². The Morgan fingerprint density at radius 3 is 2.68 bits per heavy atom. The van der Waals surface area contributed by atoms with Gasteiger partial charge in [-0.25, -0.2) is 9.49 Å². The summed E-state index contributed by atoms with van der Waals surface area (Å²) in [6.07, 6.45) is -1.33. The summed E-state index contributed by atoms with van der Waals surface area (Å²) < 4.78 is 18.3. The van der Waals surface area contributed by atoms with Crippen LogP contribution in [0.3, 0.4) is 0 Å². The number of anilines is 1. The lowest BCUT2D eigenvalue weighted by molar-refractivity contribution is -0.152. The van der Waals surface area contributed by atoms with Crippen molar-refractivity contribution in [3.63, 3.8) is 0 Å². The van der Waals surface area contributed by atoms with Crippen molar-refractivity contribution in [3.8, 4) is 0 Å².